The molecule has 0 aliphatic rings. The molecule has 1 rings (SSSR count). The lowest BCUT2D eigenvalue weighted by Gasteiger charge is -2.11. The van der Waals surface area contributed by atoms with Gasteiger partial charge in [0.15, 0.2) is 0 Å². The van der Waals surface area contributed by atoms with E-state index in [0.29, 0.717) is 0 Å². The quantitative estimate of drug-likeness (QED) is 0.630. The maximum Gasteiger partial charge on any atom is 0.312 e. The number of carbonyl (C=O) groups is 1. The molecule has 0 saturated heterocycles. The molecule has 1 aromatic heterocycles. The lowest BCUT2D eigenvalue weighted by atomic mass is 10.1. The molecule has 2 amide bonds. The van der Waals surface area contributed by atoms with Gasteiger partial charge >= 0.3 is 6.03 Å². The van der Waals surface area contributed by atoms with Crippen molar-refractivity contribution < 1.29 is 4.79 Å². The third-order valence-corrected chi connectivity index (χ3v) is 1.98. The van der Waals surface area contributed by atoms with Gasteiger partial charge in [0.2, 0.25) is 0 Å². The van der Waals surface area contributed by atoms with Gasteiger partial charge in [0, 0.05) is 11.3 Å². The zero-order valence-electron chi connectivity index (χ0n) is 8.01. The minimum absolute atomic E-state index is 0.101. The Bertz CT molecular complexity index is 298. The van der Waals surface area contributed by atoms with Crippen molar-refractivity contribution in [2.75, 3.05) is 0 Å². The average Bonchev–Trinajstić information content (AvgIpc) is 2.29. The van der Waals surface area contributed by atoms with Crippen LogP contribution in [0.15, 0.2) is 0 Å². The SMILES string of the molecule is Cc1n[nH]c(C)c1[C@H](C)NC(N)=O. The van der Waals surface area contributed by atoms with Crippen LogP contribution in [0.5, 0.6) is 0 Å². The van der Waals surface area contributed by atoms with Crippen LogP contribution >= 0.6 is 0 Å². The van der Waals surface area contributed by atoms with Crippen molar-refractivity contribution in [1.82, 2.24) is 15.5 Å². The van der Waals surface area contributed by atoms with Gasteiger partial charge in [-0.1, -0.05) is 0 Å². The molecular weight excluding hydrogens is 168 g/mol. The number of aromatic nitrogens is 2. The van der Waals surface area contributed by atoms with Crippen LogP contribution < -0.4 is 11.1 Å². The number of nitrogens with one attached hydrogen (secondary N) is 2. The monoisotopic (exact) mass is 182 g/mol. The second-order valence-electron chi connectivity index (χ2n) is 3.08. The van der Waals surface area contributed by atoms with Gasteiger partial charge in [0.05, 0.1) is 11.7 Å². The first-order chi connectivity index (χ1) is 6.02. The van der Waals surface area contributed by atoms with Gasteiger partial charge in [0.1, 0.15) is 0 Å². The molecular formula is C8H14N4O. The fraction of sp³-hybridized carbons (Fsp3) is 0.500. The van der Waals surface area contributed by atoms with Gasteiger partial charge in [-0.25, -0.2) is 4.79 Å². The van der Waals surface area contributed by atoms with Crippen molar-refractivity contribution in [1.29, 1.82) is 0 Å². The summed E-state index contributed by atoms with van der Waals surface area (Å²) < 4.78 is 0. The summed E-state index contributed by atoms with van der Waals surface area (Å²) in [5, 5.41) is 9.48. The lowest BCUT2D eigenvalue weighted by molar-refractivity contribution is 0.246. The molecule has 5 heteroatoms. The predicted molar refractivity (Wildman–Crippen MR) is 49.2 cm³/mol. The number of H-pyrrole nitrogens is 1. The number of primary amides is 1. The van der Waals surface area contributed by atoms with E-state index in [1.807, 2.05) is 20.8 Å². The molecule has 72 valence electrons. The van der Waals surface area contributed by atoms with E-state index in [0.717, 1.165) is 17.0 Å². The van der Waals surface area contributed by atoms with Crippen LogP contribution in [0.25, 0.3) is 0 Å². The summed E-state index contributed by atoms with van der Waals surface area (Å²) in [6, 6.07) is -0.622. The first kappa shape index (κ1) is 9.57. The van der Waals surface area contributed by atoms with E-state index in [2.05, 4.69) is 15.5 Å². The molecule has 1 atom stereocenters. The number of nitrogens with two attached hydrogens (primary N) is 1. The third-order valence-electron chi connectivity index (χ3n) is 1.98. The van der Waals surface area contributed by atoms with Crippen LogP contribution in [0.3, 0.4) is 0 Å². The number of urea groups is 1. The molecule has 0 aromatic carbocycles. The topological polar surface area (TPSA) is 83.8 Å². The summed E-state index contributed by atoms with van der Waals surface area (Å²) in [4.78, 5) is 10.6. The Hall–Kier alpha value is -1.52. The summed E-state index contributed by atoms with van der Waals surface area (Å²) >= 11 is 0. The number of amides is 2. The Morgan fingerprint density at radius 1 is 1.62 bits per heavy atom. The van der Waals surface area contributed by atoms with Crippen LogP contribution in [-0.2, 0) is 0 Å². The maximum absolute atomic E-state index is 10.6. The van der Waals surface area contributed by atoms with E-state index in [9.17, 15) is 4.79 Å². The van der Waals surface area contributed by atoms with E-state index in [1.54, 1.807) is 0 Å². The van der Waals surface area contributed by atoms with Gasteiger partial charge in [-0.3, -0.25) is 5.10 Å². The van der Waals surface area contributed by atoms with Crippen LogP contribution in [0, 0.1) is 13.8 Å². The Morgan fingerprint density at radius 2 is 2.23 bits per heavy atom. The maximum atomic E-state index is 10.6. The van der Waals surface area contributed by atoms with Gasteiger partial charge < -0.3 is 11.1 Å². The number of aromatic amines is 1. The Morgan fingerprint density at radius 3 is 2.62 bits per heavy atom. The fourth-order valence-electron chi connectivity index (χ4n) is 1.48. The molecule has 13 heavy (non-hydrogen) atoms. The van der Waals surface area contributed by atoms with Gasteiger partial charge in [-0.15, -0.1) is 0 Å². The molecule has 0 aliphatic heterocycles. The van der Waals surface area contributed by atoms with Crippen molar-refractivity contribution >= 4 is 6.03 Å². The number of rotatable bonds is 2. The molecule has 5 nitrogen and oxygen atoms in total. The zero-order chi connectivity index (χ0) is 10.0. The second kappa shape index (κ2) is 3.47. The van der Waals surface area contributed by atoms with E-state index < -0.39 is 6.03 Å². The highest BCUT2D eigenvalue weighted by Gasteiger charge is 2.14. The highest BCUT2D eigenvalue weighted by molar-refractivity contribution is 5.72. The van der Waals surface area contributed by atoms with E-state index in [4.69, 9.17) is 5.73 Å². The summed E-state index contributed by atoms with van der Waals surface area (Å²) in [5.41, 5.74) is 7.86. The minimum atomic E-state index is -0.521. The highest BCUT2D eigenvalue weighted by atomic mass is 16.2. The summed E-state index contributed by atoms with van der Waals surface area (Å²) in [6.45, 7) is 5.67. The zero-order valence-corrected chi connectivity index (χ0v) is 8.01. The van der Waals surface area contributed by atoms with Crippen molar-refractivity contribution in [3.63, 3.8) is 0 Å². The average molecular weight is 182 g/mol. The van der Waals surface area contributed by atoms with Crippen molar-refractivity contribution in [3.05, 3.63) is 17.0 Å². The predicted octanol–water partition coefficient (Wildman–Crippen LogP) is 0.756. The number of hydrogen-bond acceptors (Lipinski definition) is 2. The Balaban J connectivity index is 2.87. The lowest BCUT2D eigenvalue weighted by Crippen LogP contribution is -2.32. The molecule has 0 aliphatic carbocycles. The minimum Gasteiger partial charge on any atom is -0.352 e. The third kappa shape index (κ3) is 1.99. The van der Waals surface area contributed by atoms with Crippen LogP contribution in [-0.4, -0.2) is 16.2 Å². The second-order valence-corrected chi connectivity index (χ2v) is 3.08. The molecule has 0 fully saturated rings. The van der Waals surface area contributed by atoms with E-state index in [-0.39, 0.29) is 6.04 Å². The van der Waals surface area contributed by atoms with Crippen molar-refractivity contribution in [3.8, 4) is 0 Å². The Labute approximate surface area is 76.7 Å². The fourth-order valence-corrected chi connectivity index (χ4v) is 1.48. The van der Waals surface area contributed by atoms with E-state index >= 15 is 0 Å². The van der Waals surface area contributed by atoms with Gasteiger partial charge in [0.25, 0.3) is 0 Å². The number of aryl methyl sites for hydroxylation is 2. The van der Waals surface area contributed by atoms with Crippen molar-refractivity contribution in [2.24, 2.45) is 5.73 Å². The molecule has 4 N–H and O–H groups in total. The summed E-state index contributed by atoms with van der Waals surface area (Å²) in [5.74, 6) is 0. The first-order valence-electron chi connectivity index (χ1n) is 4.09. The first-order valence-corrected chi connectivity index (χ1v) is 4.09. The molecule has 1 heterocycles. The molecule has 0 bridgehead atoms. The Kier molecular flexibility index (Phi) is 2.55. The standard InChI is InChI=1S/C8H14N4O/c1-4(10-8(9)13)7-5(2)11-12-6(7)3/h4H,1-3H3,(H,11,12)(H3,9,10,13)/t4-/m0/s1. The van der Waals surface area contributed by atoms with Crippen LogP contribution in [0.4, 0.5) is 4.79 Å². The highest BCUT2D eigenvalue weighted by Crippen LogP contribution is 2.18. The number of carbonyl (C=O) groups excluding carboxylic acids is 1. The van der Waals surface area contributed by atoms with Gasteiger partial charge in [-0.05, 0) is 20.8 Å². The van der Waals surface area contributed by atoms with Crippen molar-refractivity contribution in [2.45, 2.75) is 26.8 Å². The summed E-state index contributed by atoms with van der Waals surface area (Å²) in [6.07, 6.45) is 0. The largest absolute Gasteiger partial charge is 0.352 e. The van der Waals surface area contributed by atoms with Gasteiger partial charge in [-0.2, -0.15) is 5.10 Å². The molecule has 0 spiro atoms. The number of nitrogens with zero attached hydrogens (tertiary/aromatic N) is 1. The molecule has 0 unspecified atom stereocenters. The molecule has 1 aromatic rings. The normalized spacial score (nSPS) is 12.5. The smallest absolute Gasteiger partial charge is 0.312 e. The molecule has 0 radical (unpaired) electrons. The number of hydrogen-bond donors (Lipinski definition) is 3. The van der Waals surface area contributed by atoms with Crippen LogP contribution in [0.1, 0.15) is 29.9 Å². The summed E-state index contributed by atoms with van der Waals surface area (Å²) in [7, 11) is 0. The van der Waals surface area contributed by atoms with E-state index in [1.165, 1.54) is 0 Å². The van der Waals surface area contributed by atoms with Crippen LogP contribution in [0.2, 0.25) is 0 Å². The molecule has 0 saturated carbocycles.